The van der Waals surface area contributed by atoms with Crippen molar-refractivity contribution in [2.75, 3.05) is 5.32 Å². The fraction of sp³-hybridized carbons (Fsp3) is 0.615. The summed E-state index contributed by atoms with van der Waals surface area (Å²) >= 11 is 6.92. The van der Waals surface area contributed by atoms with Gasteiger partial charge in [-0.1, -0.05) is 32.6 Å². The molecule has 2 nitrogen and oxygen atoms in total. The van der Waals surface area contributed by atoms with Crippen molar-refractivity contribution < 1.29 is 0 Å². The quantitative estimate of drug-likeness (QED) is 0.658. The number of nitrogens with zero attached hydrogens (tertiary/aromatic N) is 1. The number of rotatable bonds is 7. The molecule has 0 radical (unpaired) electrons. The molecule has 17 heavy (non-hydrogen) atoms. The van der Waals surface area contributed by atoms with Gasteiger partial charge in [-0.2, -0.15) is 0 Å². The molecule has 4 heteroatoms. The maximum absolute atomic E-state index is 4.36. The molecule has 1 N–H and O–H groups in total. The third kappa shape index (κ3) is 5.87. The second-order valence-electron chi connectivity index (χ2n) is 4.38. The van der Waals surface area contributed by atoms with Crippen LogP contribution in [-0.2, 0) is 0 Å². The highest BCUT2D eigenvalue weighted by molar-refractivity contribution is 9.11. The highest BCUT2D eigenvalue weighted by Gasteiger charge is 2.06. The average Bonchev–Trinajstić information content (AvgIpc) is 2.28. The van der Waals surface area contributed by atoms with E-state index in [0.717, 1.165) is 14.8 Å². The minimum atomic E-state index is 0.469. The van der Waals surface area contributed by atoms with Crippen molar-refractivity contribution in [3.63, 3.8) is 0 Å². The summed E-state index contributed by atoms with van der Waals surface area (Å²) in [6.45, 7) is 4.45. The molecule has 0 aromatic carbocycles. The van der Waals surface area contributed by atoms with Crippen molar-refractivity contribution in [1.82, 2.24) is 4.98 Å². The zero-order valence-corrected chi connectivity index (χ0v) is 13.6. The van der Waals surface area contributed by atoms with Crippen LogP contribution in [0.5, 0.6) is 0 Å². The first-order chi connectivity index (χ1) is 8.13. The first kappa shape index (κ1) is 15.0. The molecule has 1 heterocycles. The third-order valence-electron chi connectivity index (χ3n) is 2.68. The molecule has 0 saturated heterocycles. The molecule has 0 fully saturated rings. The normalized spacial score (nSPS) is 12.5. The Morgan fingerprint density at radius 1 is 1.29 bits per heavy atom. The summed E-state index contributed by atoms with van der Waals surface area (Å²) in [5.74, 6) is 0.927. The van der Waals surface area contributed by atoms with Gasteiger partial charge in [-0.15, -0.1) is 0 Å². The van der Waals surface area contributed by atoms with Gasteiger partial charge in [-0.05, 0) is 51.3 Å². The number of unbranched alkanes of at least 4 members (excludes halogenated alkanes) is 3. The molecule has 0 aliphatic heterocycles. The Hall–Kier alpha value is -0.0900. The second-order valence-corrected chi connectivity index (χ2v) is 6.15. The molecule has 1 rings (SSSR count). The molecule has 0 aliphatic carbocycles. The summed E-state index contributed by atoms with van der Waals surface area (Å²) in [4.78, 5) is 4.36. The minimum absolute atomic E-state index is 0.469. The van der Waals surface area contributed by atoms with E-state index >= 15 is 0 Å². The third-order valence-corrected chi connectivity index (χ3v) is 3.72. The molecule has 1 aromatic rings. The summed E-state index contributed by atoms with van der Waals surface area (Å²) in [5.41, 5.74) is 0. The van der Waals surface area contributed by atoms with E-state index < -0.39 is 0 Å². The highest BCUT2D eigenvalue weighted by Crippen LogP contribution is 2.24. The van der Waals surface area contributed by atoms with Crippen LogP contribution < -0.4 is 5.32 Å². The summed E-state index contributed by atoms with van der Waals surface area (Å²) in [6, 6.07) is 2.48. The van der Waals surface area contributed by atoms with Gasteiger partial charge in [0.2, 0.25) is 0 Å². The molecule has 0 amide bonds. The number of halogens is 2. The molecule has 1 unspecified atom stereocenters. The second kappa shape index (κ2) is 8.09. The Kier molecular flexibility index (Phi) is 7.12. The van der Waals surface area contributed by atoms with Crippen molar-refractivity contribution >= 4 is 37.7 Å². The van der Waals surface area contributed by atoms with Crippen molar-refractivity contribution in [3.8, 4) is 0 Å². The van der Waals surface area contributed by atoms with Crippen LogP contribution >= 0.6 is 31.9 Å². The maximum atomic E-state index is 4.36. The smallest absolute Gasteiger partial charge is 0.140 e. The molecule has 1 atom stereocenters. The fourth-order valence-electron chi connectivity index (χ4n) is 1.70. The number of anilines is 1. The summed E-state index contributed by atoms with van der Waals surface area (Å²) in [5, 5.41) is 3.44. The largest absolute Gasteiger partial charge is 0.367 e. The lowest BCUT2D eigenvalue weighted by Crippen LogP contribution is -2.16. The van der Waals surface area contributed by atoms with Gasteiger partial charge in [0.1, 0.15) is 5.82 Å². The van der Waals surface area contributed by atoms with Crippen LogP contribution in [0.25, 0.3) is 0 Å². The molecule has 0 spiro atoms. The van der Waals surface area contributed by atoms with E-state index in [0.29, 0.717) is 6.04 Å². The van der Waals surface area contributed by atoms with E-state index in [1.165, 1.54) is 32.1 Å². The minimum Gasteiger partial charge on any atom is -0.367 e. The van der Waals surface area contributed by atoms with Crippen molar-refractivity contribution in [2.24, 2.45) is 0 Å². The van der Waals surface area contributed by atoms with Crippen LogP contribution in [0.4, 0.5) is 5.82 Å². The summed E-state index contributed by atoms with van der Waals surface area (Å²) in [6.07, 6.45) is 8.27. The maximum Gasteiger partial charge on any atom is 0.140 e. The van der Waals surface area contributed by atoms with Crippen molar-refractivity contribution in [1.29, 1.82) is 0 Å². The van der Waals surface area contributed by atoms with E-state index in [1.807, 2.05) is 12.3 Å². The summed E-state index contributed by atoms with van der Waals surface area (Å²) in [7, 11) is 0. The topological polar surface area (TPSA) is 24.9 Å². The van der Waals surface area contributed by atoms with E-state index in [2.05, 4.69) is 56.0 Å². The standard InChI is InChI=1S/C13H20Br2N2/c1-3-4-5-6-7-10(2)17-13-12(15)8-11(14)9-16-13/h8-10H,3-7H2,1-2H3,(H,16,17). The van der Waals surface area contributed by atoms with Crippen LogP contribution in [0.3, 0.4) is 0 Å². The highest BCUT2D eigenvalue weighted by atomic mass is 79.9. The Morgan fingerprint density at radius 3 is 2.71 bits per heavy atom. The lowest BCUT2D eigenvalue weighted by molar-refractivity contribution is 0.593. The molecular weight excluding hydrogens is 344 g/mol. The number of pyridine rings is 1. The zero-order chi connectivity index (χ0) is 12.7. The lowest BCUT2D eigenvalue weighted by Gasteiger charge is -2.15. The van der Waals surface area contributed by atoms with Crippen LogP contribution in [0.1, 0.15) is 46.0 Å². The number of hydrogen-bond donors (Lipinski definition) is 1. The van der Waals surface area contributed by atoms with Crippen molar-refractivity contribution in [3.05, 3.63) is 21.2 Å². The van der Waals surface area contributed by atoms with Gasteiger partial charge < -0.3 is 5.32 Å². The van der Waals surface area contributed by atoms with Gasteiger partial charge in [0.05, 0.1) is 4.47 Å². The van der Waals surface area contributed by atoms with Gasteiger partial charge in [-0.3, -0.25) is 0 Å². The van der Waals surface area contributed by atoms with Gasteiger partial charge in [0.15, 0.2) is 0 Å². The van der Waals surface area contributed by atoms with Crippen molar-refractivity contribution in [2.45, 2.75) is 52.0 Å². The SMILES string of the molecule is CCCCCCC(C)Nc1ncc(Br)cc1Br. The Labute approximate surface area is 121 Å². The molecular formula is C13H20Br2N2. The van der Waals surface area contributed by atoms with Crippen LogP contribution in [-0.4, -0.2) is 11.0 Å². The Balaban J connectivity index is 2.37. The first-order valence-electron chi connectivity index (χ1n) is 6.21. The van der Waals surface area contributed by atoms with Gasteiger partial charge in [0, 0.05) is 16.7 Å². The molecule has 0 aliphatic rings. The lowest BCUT2D eigenvalue weighted by atomic mass is 10.1. The number of hydrogen-bond acceptors (Lipinski definition) is 2. The summed E-state index contributed by atoms with van der Waals surface area (Å²) < 4.78 is 2.00. The van der Waals surface area contributed by atoms with E-state index in [1.54, 1.807) is 0 Å². The molecule has 96 valence electrons. The van der Waals surface area contributed by atoms with E-state index in [9.17, 15) is 0 Å². The molecule has 0 bridgehead atoms. The number of aromatic nitrogens is 1. The Morgan fingerprint density at radius 2 is 2.06 bits per heavy atom. The fourth-order valence-corrected chi connectivity index (χ4v) is 2.81. The molecule has 0 saturated carbocycles. The van der Waals surface area contributed by atoms with Gasteiger partial charge in [-0.25, -0.2) is 4.98 Å². The Bertz CT molecular complexity index is 342. The van der Waals surface area contributed by atoms with Crippen LogP contribution in [0.15, 0.2) is 21.2 Å². The van der Waals surface area contributed by atoms with Crippen LogP contribution in [0.2, 0.25) is 0 Å². The van der Waals surface area contributed by atoms with E-state index in [4.69, 9.17) is 0 Å². The number of nitrogens with one attached hydrogen (secondary N) is 1. The monoisotopic (exact) mass is 362 g/mol. The first-order valence-corrected chi connectivity index (χ1v) is 7.79. The van der Waals surface area contributed by atoms with Gasteiger partial charge in [0.25, 0.3) is 0 Å². The van der Waals surface area contributed by atoms with Gasteiger partial charge >= 0.3 is 0 Å². The average molecular weight is 364 g/mol. The van der Waals surface area contributed by atoms with E-state index in [-0.39, 0.29) is 0 Å². The predicted molar refractivity (Wildman–Crippen MR) is 81.5 cm³/mol. The van der Waals surface area contributed by atoms with Crippen LogP contribution in [0, 0.1) is 0 Å². The molecule has 1 aromatic heterocycles. The zero-order valence-electron chi connectivity index (χ0n) is 10.5. The predicted octanol–water partition coefficient (Wildman–Crippen LogP) is 5.38.